The second kappa shape index (κ2) is 10.3. The van der Waals surface area contributed by atoms with E-state index in [4.69, 9.17) is 9.84 Å². The predicted octanol–water partition coefficient (Wildman–Crippen LogP) is 5.59. The summed E-state index contributed by atoms with van der Waals surface area (Å²) in [6, 6.07) is 6.21. The van der Waals surface area contributed by atoms with Gasteiger partial charge in [-0.2, -0.15) is 0 Å². The normalized spacial score (nSPS) is 24.9. The molecule has 1 unspecified atom stereocenters. The monoisotopic (exact) mass is 559 g/mol. The predicted molar refractivity (Wildman–Crippen MR) is 104 cm³/mol. The molecule has 0 heterocycles. The van der Waals surface area contributed by atoms with Crippen LogP contribution in [0.25, 0.3) is 0 Å². The number of ether oxygens (including phenoxy) is 1. The van der Waals surface area contributed by atoms with Crippen LogP contribution >= 0.6 is 0 Å². The molecule has 4 atom stereocenters. The number of hydrogen-bond acceptors (Lipinski definition) is 2. The number of rotatable bonds is 10. The molecule has 145 valence electrons. The second-order valence-electron chi connectivity index (χ2n) is 8.69. The summed E-state index contributed by atoms with van der Waals surface area (Å²) in [5, 5.41) is 8.91. The maximum absolute atomic E-state index is 10.9. The number of unbranched alkanes of at least 4 members (excludes halogenated alkanes) is 2. The summed E-state index contributed by atoms with van der Waals surface area (Å²) in [5.74, 6) is 2.41. The van der Waals surface area contributed by atoms with Crippen molar-refractivity contribution < 1.29 is 40.8 Å². The van der Waals surface area contributed by atoms with E-state index in [0.717, 1.165) is 59.5 Å². The Labute approximate surface area is 180 Å². The van der Waals surface area contributed by atoms with Crippen LogP contribution in [0.4, 0.5) is 0 Å². The molecule has 1 N–H and O–H groups in total. The third-order valence-corrected chi connectivity index (χ3v) is 9.96. The number of fused-ring (bicyclic) bond motifs is 2. The Morgan fingerprint density at radius 3 is 2.89 bits per heavy atom. The molecule has 0 spiro atoms. The van der Waals surface area contributed by atoms with Crippen LogP contribution in [0.1, 0.15) is 69.4 Å². The summed E-state index contributed by atoms with van der Waals surface area (Å²) in [6.07, 6.45) is 13.5. The first-order chi connectivity index (χ1) is 13.1. The van der Waals surface area contributed by atoms with Crippen LogP contribution in [0.15, 0.2) is 18.2 Å². The summed E-state index contributed by atoms with van der Waals surface area (Å²) in [7, 11) is 0. The molecule has 0 amide bonds. The van der Waals surface area contributed by atoms with Gasteiger partial charge in [0.2, 0.25) is 0 Å². The minimum atomic E-state index is -0.903. The van der Waals surface area contributed by atoms with Crippen LogP contribution in [0, 0.1) is 17.8 Å². The van der Waals surface area contributed by atoms with Gasteiger partial charge in [0.15, 0.2) is 0 Å². The Balaban J connectivity index is 1.57. The van der Waals surface area contributed by atoms with Crippen LogP contribution in [-0.4, -0.2) is 17.7 Å². The van der Waals surface area contributed by atoms with Crippen molar-refractivity contribution in [2.75, 3.05) is 6.61 Å². The first-order valence-corrected chi connectivity index (χ1v) is 14.0. The molecule has 4 heteroatoms. The summed E-state index contributed by atoms with van der Waals surface area (Å²) in [6.45, 7) is 2.05. The van der Waals surface area contributed by atoms with Gasteiger partial charge in [0.05, 0.1) is 0 Å². The van der Waals surface area contributed by atoms with Crippen molar-refractivity contribution in [3.05, 3.63) is 29.3 Å². The molecule has 0 bridgehead atoms. The Kier molecular flexibility index (Phi) is 8.04. The molecule has 0 radical (unpaired) electrons. The minimum absolute atomic E-state index is 0.242. The van der Waals surface area contributed by atoms with Crippen LogP contribution in [0.5, 0.6) is 5.75 Å². The fourth-order valence-electron chi connectivity index (χ4n) is 5.29. The quantitative estimate of drug-likeness (QED) is 0.301. The molecule has 3 rings (SSSR count). The van der Waals surface area contributed by atoms with E-state index in [9.17, 15) is 4.79 Å². The zero-order chi connectivity index (χ0) is 19.2. The van der Waals surface area contributed by atoms with Crippen molar-refractivity contribution in [2.24, 2.45) is 17.8 Å². The van der Waals surface area contributed by atoms with Gasteiger partial charge in [-0.25, -0.2) is 4.79 Å². The summed E-state index contributed by atoms with van der Waals surface area (Å²) < 4.78 is 6.63. The number of hydrogen-bond donors (Lipinski definition) is 1. The molecule has 27 heavy (non-hydrogen) atoms. The van der Waals surface area contributed by atoms with Crippen molar-refractivity contribution in [1.82, 2.24) is 0 Å². The molecule has 0 aliphatic heterocycles. The van der Waals surface area contributed by atoms with Crippen LogP contribution in [0.2, 0.25) is 3.43 Å². The summed E-state index contributed by atoms with van der Waals surface area (Å²) >= 11 is 0.912. The SMILES string of the molecule is CCCCC[CH]([Hg])CC[C@H]1CC[C@@H]2Cc3c(cccc3OCC(=O)O)C[C@H]12. The van der Waals surface area contributed by atoms with Crippen LogP contribution in [0.3, 0.4) is 0 Å². The molecule has 1 aromatic rings. The van der Waals surface area contributed by atoms with Crippen molar-refractivity contribution >= 4 is 5.97 Å². The average Bonchev–Trinajstić information content (AvgIpc) is 3.05. The van der Waals surface area contributed by atoms with Crippen LogP contribution in [-0.2, 0) is 43.8 Å². The molecule has 0 aromatic heterocycles. The maximum atomic E-state index is 10.9. The fourth-order valence-corrected chi connectivity index (χ4v) is 7.33. The first-order valence-electron chi connectivity index (χ1n) is 10.9. The van der Waals surface area contributed by atoms with Crippen molar-refractivity contribution in [3.63, 3.8) is 0 Å². The molecule has 3 nitrogen and oxygen atoms in total. The van der Waals surface area contributed by atoms with E-state index >= 15 is 0 Å². The Bertz CT molecular complexity index is 630. The van der Waals surface area contributed by atoms with Crippen LogP contribution < -0.4 is 4.74 Å². The van der Waals surface area contributed by atoms with E-state index in [1.54, 1.807) is 0 Å². The van der Waals surface area contributed by atoms with E-state index in [2.05, 4.69) is 13.0 Å². The topological polar surface area (TPSA) is 46.5 Å². The van der Waals surface area contributed by atoms with E-state index in [-0.39, 0.29) is 6.61 Å². The molecule has 1 aromatic carbocycles. The number of carbonyl (C=O) groups is 1. The van der Waals surface area contributed by atoms with Gasteiger partial charge in [-0.1, -0.05) is 0 Å². The van der Waals surface area contributed by atoms with E-state index < -0.39 is 5.97 Å². The van der Waals surface area contributed by atoms with E-state index in [1.165, 1.54) is 68.9 Å². The Hall–Kier alpha value is -0.575. The van der Waals surface area contributed by atoms with Gasteiger partial charge in [0.25, 0.3) is 0 Å². The van der Waals surface area contributed by atoms with E-state index in [1.807, 2.05) is 12.1 Å². The van der Waals surface area contributed by atoms with Crippen molar-refractivity contribution in [2.45, 2.75) is 74.6 Å². The molecule has 2 aliphatic rings. The average molecular weight is 558 g/mol. The Morgan fingerprint density at radius 1 is 1.26 bits per heavy atom. The standard InChI is InChI=1S/C23H33O3.Hg/c1-2-3-4-5-6-7-9-17-12-13-19-15-21-18(14-20(17)19)10-8-11-22(21)26-16-23(24)25;/h6,8,10-11,17,19-20H,2-5,7,9,12-16H2,1H3,(H,24,25);/t17-,19+,20+;/m0./s1. The van der Waals surface area contributed by atoms with Gasteiger partial charge in [0.1, 0.15) is 0 Å². The zero-order valence-electron chi connectivity index (χ0n) is 16.8. The molecule has 1 saturated carbocycles. The second-order valence-corrected chi connectivity index (χ2v) is 13.2. The van der Waals surface area contributed by atoms with Gasteiger partial charge in [-0.3, -0.25) is 0 Å². The number of carboxylic acids is 1. The first kappa shape index (κ1) is 21.1. The molecule has 1 fully saturated rings. The molecular formula is C23H33HgO3. The number of benzene rings is 1. The van der Waals surface area contributed by atoms with Crippen molar-refractivity contribution in [1.29, 1.82) is 0 Å². The van der Waals surface area contributed by atoms with Gasteiger partial charge in [0, 0.05) is 0 Å². The molecule has 0 saturated heterocycles. The summed E-state index contributed by atoms with van der Waals surface area (Å²) in [5.41, 5.74) is 2.68. The molecular weight excluding hydrogens is 525 g/mol. The fraction of sp³-hybridized carbons (Fsp3) is 0.696. The van der Waals surface area contributed by atoms with Gasteiger partial charge >= 0.3 is 171 Å². The van der Waals surface area contributed by atoms with Gasteiger partial charge < -0.3 is 5.11 Å². The third-order valence-electron chi connectivity index (χ3n) is 6.78. The molecule has 2 aliphatic carbocycles. The summed E-state index contributed by atoms with van der Waals surface area (Å²) in [4.78, 5) is 10.9. The van der Waals surface area contributed by atoms with Crippen molar-refractivity contribution in [3.8, 4) is 5.75 Å². The number of carboxylic acid groups (broad SMARTS) is 1. The number of aliphatic carboxylic acids is 1. The van der Waals surface area contributed by atoms with Gasteiger partial charge in [-0.15, -0.1) is 0 Å². The van der Waals surface area contributed by atoms with E-state index in [0.29, 0.717) is 0 Å². The zero-order valence-corrected chi connectivity index (χ0v) is 22.3. The third kappa shape index (κ3) is 5.71. The Morgan fingerprint density at radius 2 is 2.11 bits per heavy atom. The van der Waals surface area contributed by atoms with Gasteiger partial charge in [-0.05, 0) is 0 Å².